The number of piperidine rings is 3. The normalized spacial score (nSPS) is 26.7. The molecule has 4 aliphatic rings. The third-order valence-electron chi connectivity index (χ3n) is 7.44. The average molecular weight is 411 g/mol. The van der Waals surface area contributed by atoms with Crippen molar-refractivity contribution in [2.24, 2.45) is 5.41 Å². The van der Waals surface area contributed by atoms with Crippen LogP contribution in [0.5, 0.6) is 0 Å². The first-order chi connectivity index (χ1) is 14.5. The van der Waals surface area contributed by atoms with Crippen LogP contribution in [0, 0.1) is 5.41 Å². The second-order valence-electron chi connectivity index (χ2n) is 9.42. The van der Waals surface area contributed by atoms with E-state index in [0.29, 0.717) is 18.4 Å². The molecule has 3 amide bonds. The molecule has 0 bridgehead atoms. The van der Waals surface area contributed by atoms with E-state index < -0.39 is 6.04 Å². The summed E-state index contributed by atoms with van der Waals surface area (Å²) in [6.45, 7) is 5.62. The van der Waals surface area contributed by atoms with E-state index >= 15 is 0 Å². The van der Waals surface area contributed by atoms with Gasteiger partial charge in [0, 0.05) is 31.6 Å². The van der Waals surface area contributed by atoms with Crippen molar-refractivity contribution in [2.45, 2.75) is 57.7 Å². The number of nitrogens with zero attached hydrogens (tertiary/aromatic N) is 2. The summed E-state index contributed by atoms with van der Waals surface area (Å²) < 4.78 is 0. The molecule has 3 fully saturated rings. The number of carbonyl (C=O) groups excluding carboxylic acids is 3. The van der Waals surface area contributed by atoms with Crippen LogP contribution in [0.15, 0.2) is 18.2 Å². The Kier molecular flexibility index (Phi) is 5.11. The van der Waals surface area contributed by atoms with Crippen LogP contribution < -0.4 is 10.6 Å². The number of fused-ring (bicyclic) bond motifs is 1. The van der Waals surface area contributed by atoms with Gasteiger partial charge in [-0.3, -0.25) is 24.6 Å². The van der Waals surface area contributed by atoms with Gasteiger partial charge < -0.3 is 10.2 Å². The lowest BCUT2D eigenvalue weighted by Gasteiger charge is -2.45. The summed E-state index contributed by atoms with van der Waals surface area (Å²) in [6, 6.07) is 5.53. The van der Waals surface area contributed by atoms with Gasteiger partial charge in [-0.05, 0) is 68.3 Å². The number of benzene rings is 1. The first-order valence-corrected chi connectivity index (χ1v) is 11.2. The van der Waals surface area contributed by atoms with Gasteiger partial charge in [0.2, 0.25) is 11.8 Å². The Labute approximate surface area is 177 Å². The zero-order valence-electron chi connectivity index (χ0n) is 17.4. The molecule has 0 aromatic heterocycles. The van der Waals surface area contributed by atoms with E-state index in [2.05, 4.69) is 21.6 Å². The molecule has 1 spiro atoms. The molecule has 1 atom stereocenters. The monoisotopic (exact) mass is 410 g/mol. The number of imide groups is 1. The van der Waals surface area contributed by atoms with Gasteiger partial charge in [-0.2, -0.15) is 0 Å². The molecule has 0 aliphatic carbocycles. The van der Waals surface area contributed by atoms with Gasteiger partial charge in [0.25, 0.3) is 5.91 Å². The highest BCUT2D eigenvalue weighted by Gasteiger charge is 2.41. The SMILES string of the molecule is O=C1CCC(N2Cc3cccc(CN4CCCC5(CCNCC5)C4)c3C2=O)C(=O)N1. The largest absolute Gasteiger partial charge is 0.322 e. The lowest BCUT2D eigenvalue weighted by Crippen LogP contribution is -2.52. The van der Waals surface area contributed by atoms with E-state index in [1.54, 1.807) is 4.90 Å². The Hall–Kier alpha value is -2.25. The number of likely N-dealkylation sites (tertiary alicyclic amines) is 1. The molecule has 5 rings (SSSR count). The fourth-order valence-corrected chi connectivity index (χ4v) is 5.87. The smallest absolute Gasteiger partial charge is 0.255 e. The van der Waals surface area contributed by atoms with E-state index in [1.165, 1.54) is 25.7 Å². The molecule has 0 saturated carbocycles. The zero-order chi connectivity index (χ0) is 20.7. The van der Waals surface area contributed by atoms with Crippen LogP contribution in [0.25, 0.3) is 0 Å². The van der Waals surface area contributed by atoms with Crippen LogP contribution in [0.2, 0.25) is 0 Å². The van der Waals surface area contributed by atoms with Gasteiger partial charge in [-0.1, -0.05) is 18.2 Å². The van der Waals surface area contributed by atoms with Gasteiger partial charge in [0.15, 0.2) is 0 Å². The van der Waals surface area contributed by atoms with Gasteiger partial charge in [-0.25, -0.2) is 0 Å². The van der Waals surface area contributed by atoms with Crippen LogP contribution in [-0.4, -0.2) is 59.7 Å². The van der Waals surface area contributed by atoms with Crippen molar-refractivity contribution in [1.82, 2.24) is 20.4 Å². The van der Waals surface area contributed by atoms with Crippen molar-refractivity contribution in [1.29, 1.82) is 0 Å². The standard InChI is InChI=1S/C23H30N4O3/c28-19-6-5-18(21(29)25-19)27-14-17-4-1-3-16(20(17)22(27)30)13-26-12-2-7-23(15-26)8-10-24-11-9-23/h1,3-4,18,24H,2,5-15H2,(H,25,28,29). The van der Waals surface area contributed by atoms with Crippen molar-refractivity contribution in [3.05, 3.63) is 34.9 Å². The van der Waals surface area contributed by atoms with Crippen LogP contribution in [0.3, 0.4) is 0 Å². The van der Waals surface area contributed by atoms with Crippen LogP contribution >= 0.6 is 0 Å². The maximum absolute atomic E-state index is 13.3. The fourth-order valence-electron chi connectivity index (χ4n) is 5.87. The first kappa shape index (κ1) is 19.7. The fraction of sp³-hybridized carbons (Fsp3) is 0.609. The van der Waals surface area contributed by atoms with Crippen LogP contribution in [0.4, 0.5) is 0 Å². The highest BCUT2D eigenvalue weighted by molar-refractivity contribution is 6.05. The van der Waals surface area contributed by atoms with Crippen LogP contribution in [0.1, 0.15) is 60.0 Å². The Bertz CT molecular complexity index is 872. The summed E-state index contributed by atoms with van der Waals surface area (Å²) in [7, 11) is 0. The van der Waals surface area contributed by atoms with Gasteiger partial charge in [0.1, 0.15) is 6.04 Å². The Morgan fingerprint density at radius 2 is 1.93 bits per heavy atom. The molecule has 7 nitrogen and oxygen atoms in total. The molecule has 3 saturated heterocycles. The molecule has 1 unspecified atom stereocenters. The number of amides is 3. The van der Waals surface area contributed by atoms with E-state index in [0.717, 1.165) is 49.4 Å². The molecular weight excluding hydrogens is 380 g/mol. The molecule has 1 aromatic rings. The van der Waals surface area contributed by atoms with Crippen molar-refractivity contribution in [3.63, 3.8) is 0 Å². The molecule has 1 aromatic carbocycles. The zero-order valence-corrected chi connectivity index (χ0v) is 17.4. The number of carbonyl (C=O) groups is 3. The molecule has 0 radical (unpaired) electrons. The summed E-state index contributed by atoms with van der Waals surface area (Å²) in [5, 5.41) is 5.86. The lowest BCUT2D eigenvalue weighted by atomic mass is 9.73. The number of nitrogens with one attached hydrogen (secondary N) is 2. The Morgan fingerprint density at radius 1 is 1.10 bits per heavy atom. The quantitative estimate of drug-likeness (QED) is 0.737. The topological polar surface area (TPSA) is 81.8 Å². The number of rotatable bonds is 3. The average Bonchev–Trinajstić information content (AvgIpc) is 3.06. The second-order valence-corrected chi connectivity index (χ2v) is 9.42. The minimum Gasteiger partial charge on any atom is -0.322 e. The molecule has 4 heterocycles. The molecular formula is C23H30N4O3. The summed E-state index contributed by atoms with van der Waals surface area (Å²) in [5.74, 6) is -0.667. The van der Waals surface area contributed by atoms with Crippen LogP contribution in [-0.2, 0) is 22.7 Å². The molecule has 160 valence electrons. The maximum Gasteiger partial charge on any atom is 0.255 e. The third-order valence-corrected chi connectivity index (χ3v) is 7.44. The van der Waals surface area contributed by atoms with Gasteiger partial charge in [0.05, 0.1) is 0 Å². The van der Waals surface area contributed by atoms with E-state index in [-0.39, 0.29) is 24.1 Å². The molecule has 30 heavy (non-hydrogen) atoms. The highest BCUT2D eigenvalue weighted by Crippen LogP contribution is 2.39. The predicted octanol–water partition coefficient (Wildman–Crippen LogP) is 1.41. The lowest BCUT2D eigenvalue weighted by molar-refractivity contribution is -0.136. The summed E-state index contributed by atoms with van der Waals surface area (Å²) >= 11 is 0. The van der Waals surface area contributed by atoms with E-state index in [1.807, 2.05) is 12.1 Å². The second kappa shape index (κ2) is 7.78. The summed E-state index contributed by atoms with van der Waals surface area (Å²) in [5.41, 5.74) is 3.26. The highest BCUT2D eigenvalue weighted by atomic mass is 16.2. The number of hydrogen-bond donors (Lipinski definition) is 2. The first-order valence-electron chi connectivity index (χ1n) is 11.2. The Morgan fingerprint density at radius 3 is 2.73 bits per heavy atom. The summed E-state index contributed by atoms with van der Waals surface area (Å²) in [4.78, 5) is 41.3. The van der Waals surface area contributed by atoms with E-state index in [9.17, 15) is 14.4 Å². The van der Waals surface area contributed by atoms with Gasteiger partial charge in [-0.15, -0.1) is 0 Å². The van der Waals surface area contributed by atoms with Crippen molar-refractivity contribution in [2.75, 3.05) is 26.2 Å². The molecule has 2 N–H and O–H groups in total. The molecule has 7 heteroatoms. The molecule has 4 aliphatic heterocycles. The maximum atomic E-state index is 13.3. The van der Waals surface area contributed by atoms with Crippen molar-refractivity contribution >= 4 is 17.7 Å². The minimum absolute atomic E-state index is 0.0660. The number of hydrogen-bond acceptors (Lipinski definition) is 5. The predicted molar refractivity (Wildman–Crippen MR) is 112 cm³/mol. The van der Waals surface area contributed by atoms with Crippen molar-refractivity contribution in [3.8, 4) is 0 Å². The summed E-state index contributed by atoms with van der Waals surface area (Å²) in [6.07, 6.45) is 5.68. The van der Waals surface area contributed by atoms with E-state index in [4.69, 9.17) is 0 Å². The third kappa shape index (κ3) is 3.54. The minimum atomic E-state index is -0.552. The van der Waals surface area contributed by atoms with Crippen molar-refractivity contribution < 1.29 is 14.4 Å². The Balaban J connectivity index is 1.34. The van der Waals surface area contributed by atoms with Gasteiger partial charge >= 0.3 is 0 Å².